The average Bonchev–Trinajstić information content (AvgIpc) is 2.79. The highest BCUT2D eigenvalue weighted by Gasteiger charge is 2.20. The van der Waals surface area contributed by atoms with E-state index in [1.807, 2.05) is 12.1 Å². The summed E-state index contributed by atoms with van der Waals surface area (Å²) < 4.78 is 22.4. The summed E-state index contributed by atoms with van der Waals surface area (Å²) in [4.78, 5) is 15.1. The number of phenols is 1. The first-order chi connectivity index (χ1) is 15.1. The molecule has 164 valence electrons. The number of nitrogens with zero attached hydrogens (tertiary/aromatic N) is 1. The summed E-state index contributed by atoms with van der Waals surface area (Å²) >= 11 is 0. The van der Waals surface area contributed by atoms with E-state index in [0.717, 1.165) is 25.2 Å². The van der Waals surface area contributed by atoms with Gasteiger partial charge in [-0.3, -0.25) is 9.69 Å². The van der Waals surface area contributed by atoms with Crippen LogP contribution in [0.2, 0.25) is 0 Å². The fraction of sp³-hybridized carbons (Fsp3) is 0.375. The van der Waals surface area contributed by atoms with E-state index >= 15 is 0 Å². The van der Waals surface area contributed by atoms with Crippen molar-refractivity contribution in [3.05, 3.63) is 46.6 Å². The maximum atomic E-state index is 12.8. The fourth-order valence-corrected chi connectivity index (χ4v) is 3.93. The van der Waals surface area contributed by atoms with Crippen LogP contribution in [0.15, 0.2) is 45.6 Å². The Kier molecular flexibility index (Phi) is 6.32. The van der Waals surface area contributed by atoms with Crippen LogP contribution in [-0.2, 0) is 0 Å². The van der Waals surface area contributed by atoms with Crippen molar-refractivity contribution in [1.82, 2.24) is 4.90 Å². The number of hydrogen-bond acceptors (Lipinski definition) is 7. The highest BCUT2D eigenvalue weighted by molar-refractivity contribution is 5.89. The lowest BCUT2D eigenvalue weighted by atomic mass is 10.1. The molecule has 31 heavy (non-hydrogen) atoms. The maximum absolute atomic E-state index is 12.8. The van der Waals surface area contributed by atoms with Crippen molar-refractivity contribution in [1.29, 1.82) is 0 Å². The first-order valence-electron chi connectivity index (χ1n) is 10.5. The van der Waals surface area contributed by atoms with Gasteiger partial charge in [-0.15, -0.1) is 0 Å². The Morgan fingerprint density at radius 3 is 2.45 bits per heavy atom. The van der Waals surface area contributed by atoms with E-state index in [2.05, 4.69) is 4.90 Å². The van der Waals surface area contributed by atoms with Crippen molar-refractivity contribution in [2.45, 2.75) is 19.3 Å². The second kappa shape index (κ2) is 9.31. The van der Waals surface area contributed by atoms with Gasteiger partial charge in [0, 0.05) is 24.2 Å². The van der Waals surface area contributed by atoms with E-state index in [1.165, 1.54) is 32.4 Å². The number of phenolic OH excluding ortho intramolecular Hbond substituents is 1. The van der Waals surface area contributed by atoms with E-state index in [9.17, 15) is 9.90 Å². The molecule has 0 unspecified atom stereocenters. The van der Waals surface area contributed by atoms with Gasteiger partial charge in [0.2, 0.25) is 5.75 Å². The van der Waals surface area contributed by atoms with Crippen LogP contribution in [0, 0.1) is 0 Å². The summed E-state index contributed by atoms with van der Waals surface area (Å²) in [6, 6.07) is 10.2. The molecule has 2 heterocycles. The highest BCUT2D eigenvalue weighted by atomic mass is 16.5. The molecule has 0 spiro atoms. The minimum absolute atomic E-state index is 0.0671. The van der Waals surface area contributed by atoms with Gasteiger partial charge < -0.3 is 23.7 Å². The van der Waals surface area contributed by atoms with Gasteiger partial charge in [-0.25, -0.2) is 0 Å². The van der Waals surface area contributed by atoms with Crippen molar-refractivity contribution < 1.29 is 23.7 Å². The third-order valence-corrected chi connectivity index (χ3v) is 5.61. The number of aromatic hydroxyl groups is 1. The number of fused-ring (bicyclic) bond motifs is 1. The molecule has 0 amide bonds. The SMILES string of the molecule is COc1ccc(-c2cc(=O)c3c(O)c(OC)c(OCCN4CCCCC4)cc3o2)cc1. The molecule has 7 heteroatoms. The molecule has 1 N–H and O–H groups in total. The van der Waals surface area contributed by atoms with Crippen LogP contribution < -0.4 is 19.6 Å². The van der Waals surface area contributed by atoms with Crippen LogP contribution in [0.4, 0.5) is 0 Å². The Hall–Kier alpha value is -3.19. The molecule has 1 aliphatic rings. The molecule has 3 aromatic rings. The van der Waals surface area contributed by atoms with Crippen LogP contribution >= 0.6 is 0 Å². The third-order valence-electron chi connectivity index (χ3n) is 5.61. The quantitative estimate of drug-likeness (QED) is 0.612. The first-order valence-corrected chi connectivity index (χ1v) is 10.5. The van der Waals surface area contributed by atoms with Gasteiger partial charge in [0.05, 0.1) is 14.2 Å². The van der Waals surface area contributed by atoms with Crippen molar-refractivity contribution >= 4 is 11.0 Å². The minimum atomic E-state index is -0.359. The summed E-state index contributed by atoms with van der Waals surface area (Å²) in [6.45, 7) is 3.38. The van der Waals surface area contributed by atoms with Crippen LogP contribution in [0.5, 0.6) is 23.0 Å². The zero-order valence-electron chi connectivity index (χ0n) is 17.8. The normalized spacial score (nSPS) is 14.5. The maximum Gasteiger partial charge on any atom is 0.204 e. The summed E-state index contributed by atoms with van der Waals surface area (Å²) in [6.07, 6.45) is 3.69. The smallest absolute Gasteiger partial charge is 0.204 e. The average molecular weight is 425 g/mol. The monoisotopic (exact) mass is 425 g/mol. The molecule has 0 bridgehead atoms. The lowest BCUT2D eigenvalue weighted by Crippen LogP contribution is -2.33. The summed E-state index contributed by atoms with van der Waals surface area (Å²) in [5.74, 6) is 1.31. The second-order valence-corrected chi connectivity index (χ2v) is 7.58. The van der Waals surface area contributed by atoms with Crippen LogP contribution in [0.3, 0.4) is 0 Å². The number of methoxy groups -OCH3 is 2. The molecule has 1 aliphatic heterocycles. The molecule has 1 saturated heterocycles. The van der Waals surface area contributed by atoms with Gasteiger partial charge in [0.15, 0.2) is 16.9 Å². The zero-order valence-corrected chi connectivity index (χ0v) is 17.8. The number of hydrogen-bond donors (Lipinski definition) is 1. The number of piperidine rings is 1. The Morgan fingerprint density at radius 1 is 1.03 bits per heavy atom. The predicted molar refractivity (Wildman–Crippen MR) is 118 cm³/mol. The summed E-state index contributed by atoms with van der Waals surface area (Å²) in [7, 11) is 3.03. The topological polar surface area (TPSA) is 81.4 Å². The summed E-state index contributed by atoms with van der Waals surface area (Å²) in [5.41, 5.74) is 0.606. The molecule has 0 radical (unpaired) electrons. The Labute approximate surface area is 180 Å². The highest BCUT2D eigenvalue weighted by Crippen LogP contribution is 2.42. The second-order valence-electron chi connectivity index (χ2n) is 7.58. The van der Waals surface area contributed by atoms with E-state index in [0.29, 0.717) is 23.9 Å². The van der Waals surface area contributed by atoms with Crippen LogP contribution in [0.1, 0.15) is 19.3 Å². The first kappa shape index (κ1) is 21.1. The number of ether oxygens (including phenoxy) is 3. The minimum Gasteiger partial charge on any atom is -0.504 e. The van der Waals surface area contributed by atoms with Gasteiger partial charge in [0.1, 0.15) is 29.1 Å². The van der Waals surface area contributed by atoms with Crippen molar-refractivity contribution in [3.63, 3.8) is 0 Å². The van der Waals surface area contributed by atoms with Gasteiger partial charge >= 0.3 is 0 Å². The molecular weight excluding hydrogens is 398 g/mol. The third kappa shape index (κ3) is 4.46. The van der Waals surface area contributed by atoms with E-state index in [-0.39, 0.29) is 27.9 Å². The molecule has 7 nitrogen and oxygen atoms in total. The zero-order chi connectivity index (χ0) is 21.8. The molecule has 0 aliphatic carbocycles. The van der Waals surface area contributed by atoms with Gasteiger partial charge in [-0.2, -0.15) is 0 Å². The van der Waals surface area contributed by atoms with Crippen molar-refractivity contribution in [2.24, 2.45) is 0 Å². The Balaban J connectivity index is 1.66. The lowest BCUT2D eigenvalue weighted by molar-refractivity contribution is 0.180. The van der Waals surface area contributed by atoms with Crippen LogP contribution in [-0.4, -0.2) is 50.5 Å². The molecule has 1 aromatic heterocycles. The van der Waals surface area contributed by atoms with E-state index in [4.69, 9.17) is 18.6 Å². The molecule has 4 rings (SSSR count). The van der Waals surface area contributed by atoms with E-state index < -0.39 is 0 Å². The van der Waals surface area contributed by atoms with Gasteiger partial charge in [0.25, 0.3) is 0 Å². The summed E-state index contributed by atoms with van der Waals surface area (Å²) in [5, 5.41) is 10.8. The largest absolute Gasteiger partial charge is 0.504 e. The lowest BCUT2D eigenvalue weighted by Gasteiger charge is -2.26. The number of likely N-dealkylation sites (tertiary alicyclic amines) is 1. The molecule has 1 fully saturated rings. The van der Waals surface area contributed by atoms with Gasteiger partial charge in [-0.05, 0) is 50.2 Å². The Morgan fingerprint density at radius 2 is 1.77 bits per heavy atom. The fourth-order valence-electron chi connectivity index (χ4n) is 3.93. The molecule has 2 aromatic carbocycles. The predicted octanol–water partition coefficient (Wildman–Crippen LogP) is 4.05. The number of benzene rings is 2. The molecular formula is C24H27NO6. The standard InChI is InChI=1S/C24H27NO6/c1-28-17-8-6-16(7-9-17)19-14-18(26)22-20(31-19)15-21(24(29-2)23(22)27)30-13-12-25-10-4-3-5-11-25/h6-9,14-15,27H,3-5,10-13H2,1-2H3. The molecule has 0 atom stereocenters. The molecule has 0 saturated carbocycles. The van der Waals surface area contributed by atoms with Crippen molar-refractivity contribution in [2.75, 3.05) is 40.5 Å². The number of rotatable bonds is 7. The van der Waals surface area contributed by atoms with Crippen LogP contribution in [0.25, 0.3) is 22.3 Å². The van der Waals surface area contributed by atoms with E-state index in [1.54, 1.807) is 25.3 Å². The van der Waals surface area contributed by atoms with Crippen molar-refractivity contribution in [3.8, 4) is 34.3 Å². The van der Waals surface area contributed by atoms with Gasteiger partial charge in [-0.1, -0.05) is 6.42 Å². The Bertz CT molecular complexity index is 1100.